The van der Waals surface area contributed by atoms with Gasteiger partial charge in [-0.3, -0.25) is 4.79 Å². The van der Waals surface area contributed by atoms with E-state index in [4.69, 9.17) is 4.74 Å². The highest BCUT2D eigenvalue weighted by molar-refractivity contribution is 5.97. The van der Waals surface area contributed by atoms with Gasteiger partial charge in [0.2, 0.25) is 5.91 Å². The molecule has 0 radical (unpaired) electrons. The van der Waals surface area contributed by atoms with E-state index in [1.807, 2.05) is 23.1 Å². The van der Waals surface area contributed by atoms with E-state index < -0.39 is 0 Å². The molecule has 0 unspecified atom stereocenters. The molecule has 4 nitrogen and oxygen atoms in total. The molecule has 0 atom stereocenters. The first-order chi connectivity index (χ1) is 8.74. The number of para-hydroxylation sites is 2. The molecule has 0 N–H and O–H groups in total. The fraction of sp³-hybridized carbons (Fsp3) is 0.500. The van der Waals surface area contributed by atoms with Gasteiger partial charge in [0.1, 0.15) is 0 Å². The second kappa shape index (κ2) is 5.87. The fourth-order valence-electron chi connectivity index (χ4n) is 2.31. The molecule has 98 valence electrons. The van der Waals surface area contributed by atoms with Crippen LogP contribution < -0.4 is 9.80 Å². The van der Waals surface area contributed by atoms with Crippen molar-refractivity contribution in [2.24, 2.45) is 0 Å². The Balaban J connectivity index is 2.25. The van der Waals surface area contributed by atoms with Gasteiger partial charge in [0.15, 0.2) is 0 Å². The molecule has 4 heteroatoms. The molecule has 1 aliphatic rings. The summed E-state index contributed by atoms with van der Waals surface area (Å²) in [6.45, 7) is 2.24. The summed E-state index contributed by atoms with van der Waals surface area (Å²) in [5.41, 5.74) is 2.14. The van der Waals surface area contributed by atoms with Gasteiger partial charge < -0.3 is 14.5 Å². The van der Waals surface area contributed by atoms with Crippen LogP contribution in [0.4, 0.5) is 11.4 Å². The molecule has 1 amide bonds. The van der Waals surface area contributed by atoms with Gasteiger partial charge in [0, 0.05) is 27.2 Å². The van der Waals surface area contributed by atoms with Crippen LogP contribution >= 0.6 is 0 Å². The molecule has 0 aromatic heterocycles. The van der Waals surface area contributed by atoms with Crippen molar-refractivity contribution in [3.05, 3.63) is 24.3 Å². The third-order valence-corrected chi connectivity index (χ3v) is 3.28. The largest absolute Gasteiger partial charge is 0.384 e. The van der Waals surface area contributed by atoms with E-state index in [0.717, 1.165) is 30.9 Å². The van der Waals surface area contributed by atoms with Crippen LogP contribution in [0.3, 0.4) is 0 Å². The molecule has 2 rings (SSSR count). The molecule has 1 aliphatic heterocycles. The number of methoxy groups -OCH3 is 1. The summed E-state index contributed by atoms with van der Waals surface area (Å²) in [6.07, 6.45) is 1.43. The van der Waals surface area contributed by atoms with Crippen LogP contribution in [0.15, 0.2) is 24.3 Å². The summed E-state index contributed by atoms with van der Waals surface area (Å²) < 4.78 is 4.99. The van der Waals surface area contributed by atoms with Crippen LogP contribution in [0.2, 0.25) is 0 Å². The molecule has 0 fully saturated rings. The van der Waals surface area contributed by atoms with E-state index in [-0.39, 0.29) is 5.91 Å². The predicted octanol–water partition coefficient (Wildman–Crippen LogP) is 1.90. The molecule has 0 aliphatic carbocycles. The molecule has 1 aromatic carbocycles. The van der Waals surface area contributed by atoms with Crippen molar-refractivity contribution in [3.63, 3.8) is 0 Å². The van der Waals surface area contributed by atoms with E-state index in [1.54, 1.807) is 7.11 Å². The highest BCUT2D eigenvalue weighted by atomic mass is 16.5. The topological polar surface area (TPSA) is 32.8 Å². The fourth-order valence-corrected chi connectivity index (χ4v) is 2.31. The summed E-state index contributed by atoms with van der Waals surface area (Å²) in [4.78, 5) is 16.3. The summed E-state index contributed by atoms with van der Waals surface area (Å²) in [6, 6.07) is 8.08. The van der Waals surface area contributed by atoms with Crippen molar-refractivity contribution in [3.8, 4) is 0 Å². The first-order valence-corrected chi connectivity index (χ1v) is 6.33. The minimum atomic E-state index is 0.139. The van der Waals surface area contributed by atoms with Gasteiger partial charge in [-0.25, -0.2) is 0 Å². The van der Waals surface area contributed by atoms with Crippen LogP contribution in [0, 0.1) is 0 Å². The standard InChI is InChI=1S/C14H20N2O2/c1-15-9-5-10-16(14(17)8-11-18-2)13-7-4-3-6-12(13)15/h3-4,6-7H,5,8-11H2,1-2H3. The van der Waals surface area contributed by atoms with Gasteiger partial charge in [-0.1, -0.05) is 12.1 Å². The summed E-state index contributed by atoms with van der Waals surface area (Å²) in [7, 11) is 3.69. The van der Waals surface area contributed by atoms with Gasteiger partial charge in [-0.05, 0) is 18.6 Å². The van der Waals surface area contributed by atoms with Crippen LogP contribution in [0.25, 0.3) is 0 Å². The number of benzene rings is 1. The molecule has 0 spiro atoms. The predicted molar refractivity (Wildman–Crippen MR) is 73.2 cm³/mol. The Hall–Kier alpha value is -1.55. The number of nitrogens with zero attached hydrogens (tertiary/aromatic N) is 2. The van der Waals surface area contributed by atoms with Crippen LogP contribution in [0.1, 0.15) is 12.8 Å². The number of ether oxygens (including phenoxy) is 1. The van der Waals surface area contributed by atoms with E-state index >= 15 is 0 Å². The number of carbonyl (C=O) groups excluding carboxylic acids is 1. The minimum Gasteiger partial charge on any atom is -0.384 e. The van der Waals surface area contributed by atoms with Gasteiger partial charge in [-0.15, -0.1) is 0 Å². The second-order valence-corrected chi connectivity index (χ2v) is 4.55. The van der Waals surface area contributed by atoms with Gasteiger partial charge in [0.25, 0.3) is 0 Å². The number of hydrogen-bond acceptors (Lipinski definition) is 3. The normalized spacial score (nSPS) is 15.2. The Bertz CT molecular complexity index is 420. The van der Waals surface area contributed by atoms with Crippen molar-refractivity contribution in [1.82, 2.24) is 0 Å². The van der Waals surface area contributed by atoms with Crippen LogP contribution in [0.5, 0.6) is 0 Å². The zero-order valence-corrected chi connectivity index (χ0v) is 11.1. The SMILES string of the molecule is COCCC(=O)N1CCCN(C)c2ccccc21. The maximum absolute atomic E-state index is 12.2. The van der Waals surface area contributed by atoms with Crippen molar-refractivity contribution in [2.45, 2.75) is 12.8 Å². The second-order valence-electron chi connectivity index (χ2n) is 4.55. The number of carbonyl (C=O) groups is 1. The highest BCUT2D eigenvalue weighted by Crippen LogP contribution is 2.31. The molecule has 1 heterocycles. The zero-order valence-electron chi connectivity index (χ0n) is 11.1. The Morgan fingerprint density at radius 1 is 1.28 bits per heavy atom. The maximum Gasteiger partial charge on any atom is 0.229 e. The Morgan fingerprint density at radius 2 is 2.00 bits per heavy atom. The summed E-state index contributed by atoms with van der Waals surface area (Å²) >= 11 is 0. The number of hydrogen-bond donors (Lipinski definition) is 0. The maximum atomic E-state index is 12.2. The lowest BCUT2D eigenvalue weighted by Crippen LogP contribution is -2.32. The quantitative estimate of drug-likeness (QED) is 0.819. The third-order valence-electron chi connectivity index (χ3n) is 3.28. The molecular formula is C14H20N2O2. The molecule has 18 heavy (non-hydrogen) atoms. The number of rotatable bonds is 3. The molecule has 1 aromatic rings. The Labute approximate surface area is 108 Å². The van der Waals surface area contributed by atoms with Crippen molar-refractivity contribution < 1.29 is 9.53 Å². The van der Waals surface area contributed by atoms with E-state index in [0.29, 0.717) is 13.0 Å². The minimum absolute atomic E-state index is 0.139. The summed E-state index contributed by atoms with van der Waals surface area (Å²) in [5.74, 6) is 0.139. The number of anilines is 2. The van der Waals surface area contributed by atoms with Gasteiger partial charge in [0.05, 0.1) is 24.4 Å². The number of amides is 1. The molecule has 0 saturated carbocycles. The van der Waals surface area contributed by atoms with Gasteiger partial charge in [-0.2, -0.15) is 0 Å². The first-order valence-electron chi connectivity index (χ1n) is 6.33. The van der Waals surface area contributed by atoms with Crippen molar-refractivity contribution in [2.75, 3.05) is 43.7 Å². The smallest absolute Gasteiger partial charge is 0.229 e. The highest BCUT2D eigenvalue weighted by Gasteiger charge is 2.22. The lowest BCUT2D eigenvalue weighted by molar-refractivity contribution is -0.119. The third kappa shape index (κ3) is 2.64. The average molecular weight is 248 g/mol. The summed E-state index contributed by atoms with van der Waals surface area (Å²) in [5, 5.41) is 0. The Morgan fingerprint density at radius 3 is 2.72 bits per heavy atom. The lowest BCUT2D eigenvalue weighted by Gasteiger charge is -2.24. The van der Waals surface area contributed by atoms with E-state index in [1.165, 1.54) is 0 Å². The lowest BCUT2D eigenvalue weighted by atomic mass is 10.2. The monoisotopic (exact) mass is 248 g/mol. The van der Waals surface area contributed by atoms with Crippen LogP contribution in [-0.4, -0.2) is 39.8 Å². The van der Waals surface area contributed by atoms with E-state index in [2.05, 4.69) is 18.0 Å². The molecular weight excluding hydrogens is 228 g/mol. The van der Waals surface area contributed by atoms with Crippen LogP contribution in [-0.2, 0) is 9.53 Å². The Kier molecular flexibility index (Phi) is 4.20. The average Bonchev–Trinajstić information content (AvgIpc) is 2.56. The first kappa shape index (κ1) is 12.9. The molecule has 0 saturated heterocycles. The van der Waals surface area contributed by atoms with Gasteiger partial charge >= 0.3 is 0 Å². The molecule has 0 bridgehead atoms. The van der Waals surface area contributed by atoms with Crippen molar-refractivity contribution in [1.29, 1.82) is 0 Å². The zero-order chi connectivity index (χ0) is 13.0. The van der Waals surface area contributed by atoms with Crippen molar-refractivity contribution >= 4 is 17.3 Å². The van der Waals surface area contributed by atoms with E-state index in [9.17, 15) is 4.79 Å². The number of fused-ring (bicyclic) bond motifs is 1.